The Hall–Kier alpha value is -3.47. The monoisotopic (exact) mass is 639 g/mol. The van der Waals surface area contributed by atoms with E-state index in [1.165, 1.54) is 18.2 Å². The van der Waals surface area contributed by atoms with E-state index in [9.17, 15) is 18.0 Å². The summed E-state index contributed by atoms with van der Waals surface area (Å²) in [6.07, 6.45) is 2.90. The van der Waals surface area contributed by atoms with Gasteiger partial charge in [-0.1, -0.05) is 82.7 Å². The summed E-state index contributed by atoms with van der Waals surface area (Å²) >= 11 is 3.32. The fourth-order valence-corrected chi connectivity index (χ4v) is 5.77. The van der Waals surface area contributed by atoms with Gasteiger partial charge in [0.2, 0.25) is 5.91 Å². The van der Waals surface area contributed by atoms with Gasteiger partial charge in [-0.25, -0.2) is 13.2 Å². The zero-order valence-electron chi connectivity index (χ0n) is 22.6. The van der Waals surface area contributed by atoms with Crippen LogP contribution in [0.3, 0.4) is 0 Å². The van der Waals surface area contributed by atoms with Gasteiger partial charge in [0.05, 0.1) is 18.1 Å². The number of amides is 3. The smallest absolute Gasteiger partial charge is 0.318 e. The standard InChI is InChI=1S/C31H34BrN3O5S/c32-26-12-15-28(16-13-26)41(38,39)22-17-27(14-11-24-7-3-1-4-8-24)33-30(36)29(23-25-9-5-2-6-10-25)34-31(37)35-18-20-40-21-19-35/h1-10,12-13,15-17,22,27,29H,11,14,18-21,23H2,(H,33,36)(H,34,37)/b22-17+/t27-,29-/m0/s1. The lowest BCUT2D eigenvalue weighted by Gasteiger charge is -2.29. The van der Waals surface area contributed by atoms with Crippen LogP contribution in [0.4, 0.5) is 4.79 Å². The second-order valence-electron chi connectivity index (χ2n) is 9.76. The molecule has 1 fully saturated rings. The minimum atomic E-state index is -3.73. The Morgan fingerprint density at radius 1 is 0.878 bits per heavy atom. The molecule has 1 aliphatic heterocycles. The minimum absolute atomic E-state index is 0.157. The van der Waals surface area contributed by atoms with Gasteiger partial charge in [-0.15, -0.1) is 0 Å². The largest absolute Gasteiger partial charge is 0.378 e. The Labute approximate surface area is 249 Å². The van der Waals surface area contributed by atoms with E-state index >= 15 is 0 Å². The molecule has 0 aliphatic carbocycles. The van der Waals surface area contributed by atoms with Crippen LogP contribution in [-0.2, 0) is 32.2 Å². The summed E-state index contributed by atoms with van der Waals surface area (Å²) in [6.45, 7) is 1.79. The van der Waals surface area contributed by atoms with Crippen LogP contribution in [-0.4, -0.2) is 63.6 Å². The molecule has 3 aromatic carbocycles. The highest BCUT2D eigenvalue weighted by atomic mass is 79.9. The molecule has 0 aromatic heterocycles. The van der Waals surface area contributed by atoms with Crippen molar-refractivity contribution in [2.24, 2.45) is 0 Å². The van der Waals surface area contributed by atoms with E-state index in [4.69, 9.17) is 4.74 Å². The van der Waals surface area contributed by atoms with Crippen molar-refractivity contribution >= 4 is 37.7 Å². The molecule has 1 heterocycles. The first-order chi connectivity index (χ1) is 19.8. The van der Waals surface area contributed by atoms with E-state index < -0.39 is 21.9 Å². The predicted octanol–water partition coefficient (Wildman–Crippen LogP) is 4.51. The van der Waals surface area contributed by atoms with Crippen molar-refractivity contribution in [3.05, 3.63) is 112 Å². The summed E-state index contributed by atoms with van der Waals surface area (Å²) in [5.41, 5.74) is 1.96. The summed E-state index contributed by atoms with van der Waals surface area (Å²) < 4.78 is 32.2. The minimum Gasteiger partial charge on any atom is -0.378 e. The molecule has 216 valence electrons. The Bertz CT molecular complexity index is 1410. The molecule has 0 radical (unpaired) electrons. The van der Waals surface area contributed by atoms with Gasteiger partial charge in [0.1, 0.15) is 6.04 Å². The molecule has 0 unspecified atom stereocenters. The highest BCUT2D eigenvalue weighted by Gasteiger charge is 2.26. The van der Waals surface area contributed by atoms with Crippen LogP contribution >= 0.6 is 15.9 Å². The number of halogens is 1. The number of rotatable bonds is 11. The zero-order chi connectivity index (χ0) is 29.1. The van der Waals surface area contributed by atoms with Gasteiger partial charge in [0.25, 0.3) is 0 Å². The van der Waals surface area contributed by atoms with E-state index in [0.717, 1.165) is 21.0 Å². The second-order valence-corrected chi connectivity index (χ2v) is 12.5. The lowest BCUT2D eigenvalue weighted by molar-refractivity contribution is -0.123. The second kappa shape index (κ2) is 15.0. The quantitative estimate of drug-likeness (QED) is 0.321. The number of aryl methyl sites for hydroxylation is 1. The molecule has 10 heteroatoms. The normalized spacial score (nSPS) is 15.3. The number of morpholine rings is 1. The summed E-state index contributed by atoms with van der Waals surface area (Å²) in [7, 11) is -3.73. The highest BCUT2D eigenvalue weighted by molar-refractivity contribution is 9.10. The third-order valence-corrected chi connectivity index (χ3v) is 8.72. The molecule has 3 aromatic rings. The van der Waals surface area contributed by atoms with Gasteiger partial charge < -0.3 is 20.3 Å². The molecule has 41 heavy (non-hydrogen) atoms. The number of hydrogen-bond donors (Lipinski definition) is 2. The maximum Gasteiger partial charge on any atom is 0.318 e. The maximum absolute atomic E-state index is 13.7. The van der Waals surface area contributed by atoms with Crippen LogP contribution in [0, 0.1) is 0 Å². The first kappa shape index (κ1) is 30.5. The number of nitrogens with zero attached hydrogens (tertiary/aromatic N) is 1. The molecular formula is C31H34BrN3O5S. The van der Waals surface area contributed by atoms with Gasteiger partial charge in [0.15, 0.2) is 9.84 Å². The number of sulfone groups is 1. The van der Waals surface area contributed by atoms with Crippen LogP contribution in [0.5, 0.6) is 0 Å². The topological polar surface area (TPSA) is 105 Å². The Kier molecular flexibility index (Phi) is 11.1. The molecular weight excluding hydrogens is 606 g/mol. The first-order valence-corrected chi connectivity index (χ1v) is 15.8. The van der Waals surface area contributed by atoms with Crippen LogP contribution in [0.2, 0.25) is 0 Å². The number of nitrogens with one attached hydrogen (secondary N) is 2. The van der Waals surface area contributed by atoms with Crippen LogP contribution in [0.1, 0.15) is 17.5 Å². The van der Waals surface area contributed by atoms with Crippen molar-refractivity contribution in [3.63, 3.8) is 0 Å². The fraction of sp³-hybridized carbons (Fsp3) is 0.290. The van der Waals surface area contributed by atoms with E-state index in [0.29, 0.717) is 39.1 Å². The summed E-state index contributed by atoms with van der Waals surface area (Å²) in [5.74, 6) is -0.390. The zero-order valence-corrected chi connectivity index (χ0v) is 25.0. The number of carbonyl (C=O) groups is 2. The lowest BCUT2D eigenvalue weighted by Crippen LogP contribution is -2.55. The van der Waals surface area contributed by atoms with E-state index in [1.54, 1.807) is 17.0 Å². The third-order valence-electron chi connectivity index (χ3n) is 6.74. The lowest BCUT2D eigenvalue weighted by atomic mass is 10.0. The SMILES string of the molecule is O=C(N[C@H](/C=C/S(=O)(=O)c1ccc(Br)cc1)CCc1ccccc1)[C@H](Cc1ccccc1)NC(=O)N1CCOCC1. The molecule has 2 N–H and O–H groups in total. The van der Waals surface area contributed by atoms with Crippen molar-refractivity contribution in [2.75, 3.05) is 26.3 Å². The molecule has 8 nitrogen and oxygen atoms in total. The van der Waals surface area contributed by atoms with Crippen LogP contribution < -0.4 is 10.6 Å². The third kappa shape index (κ3) is 9.55. The molecule has 4 rings (SSSR count). The van der Waals surface area contributed by atoms with Crippen molar-refractivity contribution in [2.45, 2.75) is 36.2 Å². The van der Waals surface area contributed by atoms with E-state index in [2.05, 4.69) is 26.6 Å². The first-order valence-electron chi connectivity index (χ1n) is 13.5. The summed E-state index contributed by atoms with van der Waals surface area (Å²) in [6, 6.07) is 23.8. The molecule has 1 aliphatic rings. The van der Waals surface area contributed by atoms with Gasteiger partial charge >= 0.3 is 6.03 Å². The van der Waals surface area contributed by atoms with Crippen molar-refractivity contribution < 1.29 is 22.7 Å². The number of hydrogen-bond acceptors (Lipinski definition) is 5. The van der Waals surface area contributed by atoms with Gasteiger partial charge in [-0.05, 0) is 48.2 Å². The van der Waals surface area contributed by atoms with Crippen LogP contribution in [0.25, 0.3) is 0 Å². The number of benzene rings is 3. The number of ether oxygens (including phenoxy) is 1. The van der Waals surface area contributed by atoms with Gasteiger partial charge in [-0.3, -0.25) is 4.79 Å². The molecule has 1 saturated heterocycles. The van der Waals surface area contributed by atoms with Gasteiger partial charge in [0, 0.05) is 35.4 Å². The summed E-state index contributed by atoms with van der Waals surface area (Å²) in [5, 5.41) is 7.03. The Morgan fingerprint density at radius 3 is 2.12 bits per heavy atom. The highest BCUT2D eigenvalue weighted by Crippen LogP contribution is 2.17. The van der Waals surface area contributed by atoms with E-state index in [-0.39, 0.29) is 23.3 Å². The molecule has 2 atom stereocenters. The summed E-state index contributed by atoms with van der Waals surface area (Å²) in [4.78, 5) is 28.5. The van der Waals surface area contributed by atoms with Crippen LogP contribution in [0.15, 0.2) is 106 Å². The van der Waals surface area contributed by atoms with E-state index in [1.807, 2.05) is 60.7 Å². The van der Waals surface area contributed by atoms with Crippen molar-refractivity contribution in [3.8, 4) is 0 Å². The molecule has 0 bridgehead atoms. The fourth-order valence-electron chi connectivity index (χ4n) is 4.43. The molecule has 3 amide bonds. The average Bonchev–Trinajstić information content (AvgIpc) is 3.00. The molecule has 0 saturated carbocycles. The van der Waals surface area contributed by atoms with Gasteiger partial charge in [-0.2, -0.15) is 0 Å². The Morgan fingerprint density at radius 2 is 1.49 bits per heavy atom. The predicted molar refractivity (Wildman–Crippen MR) is 162 cm³/mol. The average molecular weight is 641 g/mol. The van der Waals surface area contributed by atoms with Crippen molar-refractivity contribution in [1.29, 1.82) is 0 Å². The Balaban J connectivity index is 1.53. The maximum atomic E-state index is 13.7. The number of carbonyl (C=O) groups excluding carboxylic acids is 2. The number of urea groups is 1. The molecule has 0 spiro atoms. The van der Waals surface area contributed by atoms with Crippen molar-refractivity contribution in [1.82, 2.24) is 15.5 Å².